The molecular formula is C15H22N2OS. The summed E-state index contributed by atoms with van der Waals surface area (Å²) >= 11 is 5.02. The number of hydrogen-bond acceptors (Lipinski definition) is 3. The van der Waals surface area contributed by atoms with Crippen LogP contribution < -0.4 is 5.73 Å². The molecule has 1 aromatic rings. The summed E-state index contributed by atoms with van der Waals surface area (Å²) in [5.74, 6) is 0. The third kappa shape index (κ3) is 4.00. The predicted molar refractivity (Wildman–Crippen MR) is 82.1 cm³/mol. The number of nitrogens with zero attached hydrogens (tertiary/aromatic N) is 1. The Hall–Kier alpha value is -0.970. The number of aliphatic hydroxyl groups excluding tert-OH is 1. The van der Waals surface area contributed by atoms with Crippen molar-refractivity contribution in [2.24, 2.45) is 5.73 Å². The third-order valence-corrected chi connectivity index (χ3v) is 4.06. The van der Waals surface area contributed by atoms with Crippen LogP contribution in [-0.2, 0) is 6.54 Å². The second kappa shape index (κ2) is 6.98. The number of benzene rings is 1. The molecule has 1 saturated carbocycles. The van der Waals surface area contributed by atoms with Crippen LogP contribution in [0.1, 0.15) is 36.8 Å². The maximum Gasteiger partial charge on any atom is 0.103 e. The number of aliphatic hydroxyl groups is 1. The summed E-state index contributed by atoms with van der Waals surface area (Å²) in [4.78, 5) is 2.82. The average molecular weight is 278 g/mol. The number of rotatable bonds is 6. The maximum atomic E-state index is 9.24. The van der Waals surface area contributed by atoms with Crippen molar-refractivity contribution >= 4 is 17.2 Å². The molecule has 19 heavy (non-hydrogen) atoms. The summed E-state index contributed by atoms with van der Waals surface area (Å²) in [7, 11) is 0. The zero-order valence-electron chi connectivity index (χ0n) is 11.2. The standard InChI is InChI=1S/C15H22N2OS/c16-15(19)13-5-3-4-12(10-13)11-17(8-9-18)14-6-1-2-7-14/h3-5,10,14,18H,1-2,6-9,11H2,(H2,16,19). The van der Waals surface area contributed by atoms with Gasteiger partial charge < -0.3 is 10.8 Å². The first-order chi connectivity index (χ1) is 9.20. The molecule has 1 fully saturated rings. The first kappa shape index (κ1) is 14.4. The Labute approximate surface area is 120 Å². The van der Waals surface area contributed by atoms with Crippen molar-refractivity contribution < 1.29 is 5.11 Å². The Kier molecular flexibility index (Phi) is 5.31. The zero-order chi connectivity index (χ0) is 13.7. The Bertz CT molecular complexity index is 430. The smallest absolute Gasteiger partial charge is 0.103 e. The van der Waals surface area contributed by atoms with Gasteiger partial charge in [0, 0.05) is 24.7 Å². The fourth-order valence-corrected chi connectivity index (χ4v) is 2.97. The second-order valence-electron chi connectivity index (χ2n) is 5.20. The summed E-state index contributed by atoms with van der Waals surface area (Å²) in [6, 6.07) is 8.71. The molecule has 3 N–H and O–H groups in total. The van der Waals surface area contributed by atoms with Crippen LogP contribution in [0.5, 0.6) is 0 Å². The van der Waals surface area contributed by atoms with Crippen LogP contribution in [0.25, 0.3) is 0 Å². The van der Waals surface area contributed by atoms with Crippen LogP contribution in [0.2, 0.25) is 0 Å². The fraction of sp³-hybridized carbons (Fsp3) is 0.533. The van der Waals surface area contributed by atoms with E-state index in [-0.39, 0.29) is 6.61 Å². The lowest BCUT2D eigenvalue weighted by molar-refractivity contribution is 0.145. The van der Waals surface area contributed by atoms with E-state index < -0.39 is 0 Å². The number of thiocarbonyl (C=S) groups is 1. The third-order valence-electron chi connectivity index (χ3n) is 3.83. The highest BCUT2D eigenvalue weighted by Gasteiger charge is 2.22. The van der Waals surface area contributed by atoms with Gasteiger partial charge in [-0.25, -0.2) is 0 Å². The molecular weight excluding hydrogens is 256 g/mol. The van der Waals surface area contributed by atoms with Gasteiger partial charge in [0.15, 0.2) is 0 Å². The molecule has 0 atom stereocenters. The Morgan fingerprint density at radius 1 is 1.37 bits per heavy atom. The quantitative estimate of drug-likeness (QED) is 0.782. The van der Waals surface area contributed by atoms with Crippen LogP contribution in [0, 0.1) is 0 Å². The van der Waals surface area contributed by atoms with Crippen LogP contribution in [0.3, 0.4) is 0 Å². The second-order valence-corrected chi connectivity index (χ2v) is 5.64. The normalized spacial score (nSPS) is 16.1. The van der Waals surface area contributed by atoms with Crippen molar-refractivity contribution in [1.29, 1.82) is 0 Å². The van der Waals surface area contributed by atoms with Gasteiger partial charge >= 0.3 is 0 Å². The molecule has 1 aliphatic rings. The summed E-state index contributed by atoms with van der Waals surface area (Å²) < 4.78 is 0. The van der Waals surface area contributed by atoms with Crippen molar-refractivity contribution in [2.45, 2.75) is 38.3 Å². The van der Waals surface area contributed by atoms with Crippen molar-refractivity contribution in [2.75, 3.05) is 13.2 Å². The van der Waals surface area contributed by atoms with Gasteiger partial charge in [-0.05, 0) is 24.5 Å². The molecule has 0 spiro atoms. The van der Waals surface area contributed by atoms with E-state index in [2.05, 4.69) is 17.0 Å². The molecule has 0 bridgehead atoms. The zero-order valence-corrected chi connectivity index (χ0v) is 12.0. The summed E-state index contributed by atoms with van der Waals surface area (Å²) in [5, 5.41) is 9.24. The predicted octanol–water partition coefficient (Wildman–Crippen LogP) is 2.06. The van der Waals surface area contributed by atoms with Gasteiger partial charge in [0.25, 0.3) is 0 Å². The molecule has 0 amide bonds. The highest BCUT2D eigenvalue weighted by Crippen LogP contribution is 2.24. The minimum absolute atomic E-state index is 0.214. The SMILES string of the molecule is NC(=S)c1cccc(CN(CCO)C2CCCC2)c1. The van der Waals surface area contributed by atoms with E-state index >= 15 is 0 Å². The van der Waals surface area contributed by atoms with E-state index in [0.717, 1.165) is 18.7 Å². The van der Waals surface area contributed by atoms with Gasteiger partial charge in [0.1, 0.15) is 4.99 Å². The van der Waals surface area contributed by atoms with Crippen molar-refractivity contribution in [3.8, 4) is 0 Å². The molecule has 104 valence electrons. The monoisotopic (exact) mass is 278 g/mol. The van der Waals surface area contributed by atoms with E-state index in [0.29, 0.717) is 11.0 Å². The summed E-state index contributed by atoms with van der Waals surface area (Å²) in [6.45, 7) is 1.81. The first-order valence-electron chi connectivity index (χ1n) is 6.94. The van der Waals surface area contributed by atoms with Gasteiger partial charge in [-0.2, -0.15) is 0 Å². The molecule has 0 radical (unpaired) electrons. The molecule has 2 rings (SSSR count). The van der Waals surface area contributed by atoms with Gasteiger partial charge in [0.2, 0.25) is 0 Å². The van der Waals surface area contributed by atoms with Crippen LogP contribution >= 0.6 is 12.2 Å². The first-order valence-corrected chi connectivity index (χ1v) is 7.35. The largest absolute Gasteiger partial charge is 0.395 e. The fourth-order valence-electron chi connectivity index (χ4n) is 2.85. The van der Waals surface area contributed by atoms with E-state index in [1.54, 1.807) is 0 Å². The van der Waals surface area contributed by atoms with Crippen molar-refractivity contribution in [1.82, 2.24) is 4.90 Å². The molecule has 3 nitrogen and oxygen atoms in total. The van der Waals surface area contributed by atoms with Gasteiger partial charge in [-0.3, -0.25) is 4.90 Å². The van der Waals surface area contributed by atoms with E-state index in [9.17, 15) is 5.11 Å². The van der Waals surface area contributed by atoms with E-state index in [1.165, 1.54) is 31.2 Å². The van der Waals surface area contributed by atoms with E-state index in [4.69, 9.17) is 18.0 Å². The average Bonchev–Trinajstić information content (AvgIpc) is 2.92. The Morgan fingerprint density at radius 3 is 2.74 bits per heavy atom. The van der Waals surface area contributed by atoms with Crippen LogP contribution in [0.4, 0.5) is 0 Å². The molecule has 0 heterocycles. The molecule has 4 heteroatoms. The molecule has 0 unspecified atom stereocenters. The number of nitrogens with two attached hydrogens (primary N) is 1. The topological polar surface area (TPSA) is 49.5 Å². The van der Waals surface area contributed by atoms with Crippen molar-refractivity contribution in [3.05, 3.63) is 35.4 Å². The minimum atomic E-state index is 0.214. The Balaban J connectivity index is 2.07. The lowest BCUT2D eigenvalue weighted by atomic mass is 10.1. The maximum absolute atomic E-state index is 9.24. The summed E-state index contributed by atoms with van der Waals surface area (Å²) in [5.41, 5.74) is 7.80. The lowest BCUT2D eigenvalue weighted by Gasteiger charge is -2.28. The van der Waals surface area contributed by atoms with Gasteiger partial charge in [-0.15, -0.1) is 0 Å². The highest BCUT2D eigenvalue weighted by atomic mass is 32.1. The molecule has 0 saturated heterocycles. The molecule has 1 aromatic carbocycles. The van der Waals surface area contributed by atoms with E-state index in [1.807, 2.05) is 12.1 Å². The molecule has 0 aliphatic heterocycles. The number of hydrogen-bond donors (Lipinski definition) is 2. The molecule has 0 aromatic heterocycles. The highest BCUT2D eigenvalue weighted by molar-refractivity contribution is 7.80. The lowest BCUT2D eigenvalue weighted by Crippen LogP contribution is -2.35. The van der Waals surface area contributed by atoms with Gasteiger partial charge in [0.05, 0.1) is 6.61 Å². The van der Waals surface area contributed by atoms with Crippen LogP contribution in [0.15, 0.2) is 24.3 Å². The molecule has 1 aliphatic carbocycles. The summed E-state index contributed by atoms with van der Waals surface area (Å²) in [6.07, 6.45) is 5.10. The van der Waals surface area contributed by atoms with Crippen LogP contribution in [-0.4, -0.2) is 34.2 Å². The Morgan fingerprint density at radius 2 is 2.11 bits per heavy atom. The van der Waals surface area contributed by atoms with Crippen molar-refractivity contribution in [3.63, 3.8) is 0 Å². The van der Waals surface area contributed by atoms with Gasteiger partial charge in [-0.1, -0.05) is 43.3 Å². The minimum Gasteiger partial charge on any atom is -0.395 e.